The number of carboxylic acid groups (broad SMARTS) is 1. The molecular weight excluding hydrogens is 166 g/mol. The first-order chi connectivity index (χ1) is 5.07. The Kier molecular flexibility index (Phi) is 4.46. The number of rotatable bonds is 4. The Labute approximate surface area is 67.3 Å². The van der Waals surface area contributed by atoms with Gasteiger partial charge >= 0.3 is 5.97 Å². The molecule has 0 bridgehead atoms. The van der Waals surface area contributed by atoms with Gasteiger partial charge in [0.1, 0.15) is 5.75 Å². The molecule has 0 amide bonds. The Balaban J connectivity index is 3.85. The van der Waals surface area contributed by atoms with Crippen LogP contribution >= 0.6 is 0 Å². The molecule has 4 nitrogen and oxygen atoms in total. The van der Waals surface area contributed by atoms with Gasteiger partial charge in [0.2, 0.25) is 0 Å². The molecule has 0 spiro atoms. The van der Waals surface area contributed by atoms with Crippen LogP contribution in [0.15, 0.2) is 0 Å². The second kappa shape index (κ2) is 4.85. The third kappa shape index (κ3) is 4.51. The van der Waals surface area contributed by atoms with Crippen molar-refractivity contribution in [3.05, 3.63) is 0 Å². The smallest absolute Gasteiger partial charge is 0.304 e. The van der Waals surface area contributed by atoms with Gasteiger partial charge in [-0.05, 0) is 0 Å². The molecule has 0 heterocycles. The summed E-state index contributed by atoms with van der Waals surface area (Å²) in [4.78, 5) is 10.1. The monoisotopic (exact) mass is 175 g/mol. The molecule has 11 heavy (non-hydrogen) atoms. The fraction of sp³-hybridized carbons (Fsp3) is 0.667. The Morgan fingerprint density at radius 3 is 2.73 bits per heavy atom. The van der Waals surface area contributed by atoms with Crippen LogP contribution in [-0.4, -0.2) is 26.3 Å². The molecular formula is C6H9NO3S. The standard InChI is InChI=1S/C6H9NO3S/c1-5(4-6(8)9)11(10)3-2-7/h5H,3-4H2,1H3,(H,8,9). The molecule has 5 heteroatoms. The third-order valence-electron chi connectivity index (χ3n) is 1.12. The Bertz CT molecular complexity index is 208. The molecule has 62 valence electrons. The van der Waals surface area contributed by atoms with Gasteiger partial charge in [-0.15, -0.1) is 0 Å². The van der Waals surface area contributed by atoms with Crippen molar-refractivity contribution < 1.29 is 14.1 Å². The minimum absolute atomic E-state index is 0.0888. The van der Waals surface area contributed by atoms with E-state index in [4.69, 9.17) is 10.4 Å². The Morgan fingerprint density at radius 1 is 1.82 bits per heavy atom. The summed E-state index contributed by atoms with van der Waals surface area (Å²) in [6, 6.07) is 1.73. The van der Waals surface area contributed by atoms with Gasteiger partial charge in [-0.25, -0.2) is 0 Å². The van der Waals surface area contributed by atoms with Crippen molar-refractivity contribution in [1.82, 2.24) is 0 Å². The molecule has 0 saturated carbocycles. The molecule has 0 aromatic carbocycles. The molecule has 0 aromatic rings. The van der Waals surface area contributed by atoms with Crippen LogP contribution in [0, 0.1) is 11.3 Å². The summed E-state index contributed by atoms with van der Waals surface area (Å²) in [5, 5.41) is 16.0. The van der Waals surface area contributed by atoms with Crippen LogP contribution in [0.5, 0.6) is 0 Å². The maximum atomic E-state index is 10.9. The van der Waals surface area contributed by atoms with Gasteiger partial charge in [0.05, 0.1) is 12.5 Å². The molecule has 0 aromatic heterocycles. The molecule has 0 fully saturated rings. The van der Waals surface area contributed by atoms with Crippen molar-refractivity contribution in [2.24, 2.45) is 0 Å². The summed E-state index contributed by atoms with van der Waals surface area (Å²) in [5.41, 5.74) is 0. The predicted octanol–water partition coefficient (Wildman–Crippen LogP) is 0.122. The fourth-order valence-electron chi connectivity index (χ4n) is 0.545. The van der Waals surface area contributed by atoms with Crippen molar-refractivity contribution in [1.29, 1.82) is 5.26 Å². The first-order valence-electron chi connectivity index (χ1n) is 3.04. The van der Waals surface area contributed by atoms with E-state index in [1.807, 2.05) is 0 Å². The highest BCUT2D eigenvalue weighted by Crippen LogP contribution is 2.00. The van der Waals surface area contributed by atoms with Gasteiger partial charge in [-0.2, -0.15) is 5.26 Å². The largest absolute Gasteiger partial charge is 0.481 e. The SMILES string of the molecule is CC(CC(=O)O)S(=O)CC#N. The number of nitriles is 1. The van der Waals surface area contributed by atoms with Gasteiger partial charge in [0, 0.05) is 16.0 Å². The highest BCUT2D eigenvalue weighted by Gasteiger charge is 2.13. The van der Waals surface area contributed by atoms with Crippen molar-refractivity contribution >= 4 is 16.8 Å². The van der Waals surface area contributed by atoms with Crippen LogP contribution in [0.2, 0.25) is 0 Å². The van der Waals surface area contributed by atoms with E-state index >= 15 is 0 Å². The summed E-state index contributed by atoms with van der Waals surface area (Å²) < 4.78 is 10.9. The van der Waals surface area contributed by atoms with E-state index in [-0.39, 0.29) is 12.2 Å². The summed E-state index contributed by atoms with van der Waals surface area (Å²) >= 11 is 0. The summed E-state index contributed by atoms with van der Waals surface area (Å²) in [6.45, 7) is 1.56. The lowest BCUT2D eigenvalue weighted by atomic mass is 10.3. The topological polar surface area (TPSA) is 78.2 Å². The minimum Gasteiger partial charge on any atom is -0.481 e. The van der Waals surface area contributed by atoms with Crippen LogP contribution in [0.4, 0.5) is 0 Å². The van der Waals surface area contributed by atoms with Crippen LogP contribution in [0.1, 0.15) is 13.3 Å². The molecule has 2 atom stereocenters. The van der Waals surface area contributed by atoms with E-state index in [1.165, 1.54) is 0 Å². The lowest BCUT2D eigenvalue weighted by Crippen LogP contribution is -2.17. The average Bonchev–Trinajstić information content (AvgIpc) is 1.86. The molecule has 2 unspecified atom stereocenters. The number of aliphatic carboxylic acids is 1. The maximum Gasteiger partial charge on any atom is 0.304 e. The van der Waals surface area contributed by atoms with Crippen molar-refractivity contribution in [2.45, 2.75) is 18.6 Å². The third-order valence-corrected chi connectivity index (χ3v) is 2.60. The predicted molar refractivity (Wildman–Crippen MR) is 40.3 cm³/mol. The second-order valence-electron chi connectivity index (χ2n) is 2.09. The van der Waals surface area contributed by atoms with Crippen LogP contribution in [0.3, 0.4) is 0 Å². The first-order valence-corrected chi connectivity index (χ1v) is 4.42. The van der Waals surface area contributed by atoms with Crippen molar-refractivity contribution in [3.8, 4) is 6.07 Å². The number of hydrogen-bond donors (Lipinski definition) is 1. The highest BCUT2D eigenvalue weighted by atomic mass is 32.2. The first kappa shape index (κ1) is 10.1. The van der Waals surface area contributed by atoms with Gasteiger partial charge in [-0.1, -0.05) is 6.92 Å². The Hall–Kier alpha value is -0.890. The molecule has 1 N–H and O–H groups in total. The molecule has 0 aliphatic heterocycles. The molecule has 0 saturated heterocycles. The number of nitrogens with zero attached hydrogens (tertiary/aromatic N) is 1. The quantitative estimate of drug-likeness (QED) is 0.658. The molecule has 0 rings (SSSR count). The van der Waals surface area contributed by atoms with Gasteiger partial charge in [-0.3, -0.25) is 9.00 Å². The van der Waals surface area contributed by atoms with E-state index in [0.717, 1.165) is 0 Å². The molecule has 0 aliphatic rings. The summed E-state index contributed by atoms with van der Waals surface area (Å²) in [7, 11) is -1.33. The fourth-order valence-corrected chi connectivity index (χ4v) is 1.28. The van der Waals surface area contributed by atoms with Gasteiger partial charge < -0.3 is 5.11 Å². The van der Waals surface area contributed by atoms with E-state index in [9.17, 15) is 9.00 Å². The lowest BCUT2D eigenvalue weighted by molar-refractivity contribution is -0.136. The second-order valence-corrected chi connectivity index (χ2v) is 3.95. The number of carboxylic acids is 1. The van der Waals surface area contributed by atoms with E-state index in [1.54, 1.807) is 13.0 Å². The van der Waals surface area contributed by atoms with E-state index < -0.39 is 22.0 Å². The van der Waals surface area contributed by atoms with Crippen molar-refractivity contribution in [3.63, 3.8) is 0 Å². The van der Waals surface area contributed by atoms with Crippen molar-refractivity contribution in [2.75, 3.05) is 5.75 Å². The average molecular weight is 175 g/mol. The normalized spacial score (nSPS) is 14.9. The molecule has 0 radical (unpaired) electrons. The number of carbonyl (C=O) groups is 1. The summed E-state index contributed by atoms with van der Waals surface area (Å²) in [6.07, 6.45) is -0.145. The highest BCUT2D eigenvalue weighted by molar-refractivity contribution is 7.85. The van der Waals surface area contributed by atoms with E-state index in [0.29, 0.717) is 0 Å². The van der Waals surface area contributed by atoms with Gasteiger partial charge in [0.15, 0.2) is 0 Å². The lowest BCUT2D eigenvalue weighted by Gasteiger charge is -2.03. The zero-order valence-electron chi connectivity index (χ0n) is 6.11. The van der Waals surface area contributed by atoms with Gasteiger partial charge in [0.25, 0.3) is 0 Å². The summed E-state index contributed by atoms with van der Waals surface area (Å²) in [5.74, 6) is -1.07. The number of hydrogen-bond acceptors (Lipinski definition) is 3. The van der Waals surface area contributed by atoms with Crippen LogP contribution in [0.25, 0.3) is 0 Å². The molecule has 0 aliphatic carbocycles. The Morgan fingerprint density at radius 2 is 2.36 bits per heavy atom. The minimum atomic E-state index is -1.33. The van der Waals surface area contributed by atoms with E-state index in [2.05, 4.69) is 0 Å². The zero-order valence-corrected chi connectivity index (χ0v) is 6.93. The maximum absolute atomic E-state index is 10.9. The zero-order chi connectivity index (χ0) is 8.85. The van der Waals surface area contributed by atoms with Crippen LogP contribution < -0.4 is 0 Å². The van der Waals surface area contributed by atoms with Crippen LogP contribution in [-0.2, 0) is 15.6 Å².